The maximum absolute atomic E-state index is 11.5. The third kappa shape index (κ3) is 4.12. The molecule has 4 aliphatic rings. The molecule has 0 unspecified atom stereocenters. The minimum atomic E-state index is -0.322. The minimum Gasteiger partial charge on any atom is -0.493 e. The van der Waals surface area contributed by atoms with E-state index >= 15 is 0 Å². The highest BCUT2D eigenvalue weighted by molar-refractivity contribution is 8.17. The Morgan fingerprint density at radius 3 is 2.64 bits per heavy atom. The summed E-state index contributed by atoms with van der Waals surface area (Å²) < 4.78 is 0. The van der Waals surface area contributed by atoms with Crippen LogP contribution in [0.2, 0.25) is 0 Å². The van der Waals surface area contributed by atoms with Gasteiger partial charge in [0.25, 0.3) is 5.70 Å². The summed E-state index contributed by atoms with van der Waals surface area (Å²) in [5, 5.41) is 22.6. The third-order valence-electron chi connectivity index (χ3n) is 6.08. The lowest BCUT2D eigenvalue weighted by molar-refractivity contribution is -0.427. The molecule has 0 atom stereocenters. The lowest BCUT2D eigenvalue weighted by atomic mass is 9.89. The van der Waals surface area contributed by atoms with Crippen molar-refractivity contribution >= 4 is 16.9 Å². The van der Waals surface area contributed by atoms with Crippen LogP contribution in [-0.4, -0.2) is 57.7 Å². The van der Waals surface area contributed by atoms with Crippen LogP contribution >= 0.6 is 11.8 Å². The van der Waals surface area contributed by atoms with Crippen LogP contribution in [0.3, 0.4) is 0 Å². The molecule has 0 aromatic heterocycles. The third-order valence-corrected chi connectivity index (χ3v) is 7.28. The van der Waals surface area contributed by atoms with Crippen molar-refractivity contribution in [2.75, 3.05) is 32.7 Å². The van der Waals surface area contributed by atoms with Gasteiger partial charge in [0.1, 0.15) is 4.91 Å². The highest BCUT2D eigenvalue weighted by Crippen LogP contribution is 2.42. The normalized spacial score (nSPS) is 24.8. The second-order valence-corrected chi connectivity index (χ2v) is 9.20. The lowest BCUT2D eigenvalue weighted by Gasteiger charge is -2.39. The van der Waals surface area contributed by atoms with E-state index in [1.807, 2.05) is 13.0 Å². The molecule has 0 amide bonds. The van der Waals surface area contributed by atoms with E-state index in [2.05, 4.69) is 14.8 Å². The van der Waals surface area contributed by atoms with Crippen molar-refractivity contribution in [2.24, 2.45) is 10.9 Å². The first kappa shape index (κ1) is 19.5. The maximum Gasteiger partial charge on any atom is 0.264 e. The van der Waals surface area contributed by atoms with Gasteiger partial charge in [-0.05, 0) is 43.5 Å². The molecule has 28 heavy (non-hydrogen) atoms. The fraction of sp³-hybridized carbons (Fsp3) is 0.650. The van der Waals surface area contributed by atoms with Crippen LogP contribution in [0.25, 0.3) is 0 Å². The summed E-state index contributed by atoms with van der Waals surface area (Å²) in [5.41, 5.74) is 1.52. The smallest absolute Gasteiger partial charge is 0.264 e. The standard InChI is InChI=1S/C20H28N4O3S/c1-14-11-16-18(17(12-14)24(26)27)28-20(21-19(16)25)23-9-7-22(8-10-23)13-15-5-3-2-4-6-15/h11,15,25H,2-10,12-13H2,1H3. The zero-order chi connectivity index (χ0) is 19.7. The highest BCUT2D eigenvalue weighted by atomic mass is 32.2. The molecule has 2 aliphatic carbocycles. The average Bonchev–Trinajstić information content (AvgIpc) is 2.69. The number of aliphatic hydroxyl groups is 1. The van der Waals surface area contributed by atoms with Gasteiger partial charge in [0.05, 0.1) is 16.9 Å². The van der Waals surface area contributed by atoms with Crippen molar-refractivity contribution in [1.29, 1.82) is 0 Å². The Bertz CT molecular complexity index is 772. The van der Waals surface area contributed by atoms with Crippen molar-refractivity contribution in [3.63, 3.8) is 0 Å². The summed E-state index contributed by atoms with van der Waals surface area (Å²) in [6.45, 7) is 6.68. The van der Waals surface area contributed by atoms with E-state index in [-0.39, 0.29) is 16.5 Å². The van der Waals surface area contributed by atoms with Crippen molar-refractivity contribution in [3.05, 3.63) is 43.8 Å². The molecule has 0 aromatic carbocycles. The van der Waals surface area contributed by atoms with Crippen molar-refractivity contribution in [3.8, 4) is 0 Å². The van der Waals surface area contributed by atoms with E-state index in [4.69, 9.17) is 0 Å². The molecule has 152 valence electrons. The largest absolute Gasteiger partial charge is 0.493 e. The van der Waals surface area contributed by atoms with E-state index in [1.54, 1.807) is 0 Å². The van der Waals surface area contributed by atoms with Gasteiger partial charge >= 0.3 is 0 Å². The van der Waals surface area contributed by atoms with Gasteiger partial charge in [-0.25, -0.2) is 0 Å². The Labute approximate surface area is 170 Å². The maximum atomic E-state index is 11.5. The Morgan fingerprint density at radius 1 is 1.25 bits per heavy atom. The molecule has 1 N–H and O–H groups in total. The van der Waals surface area contributed by atoms with Crippen molar-refractivity contribution < 1.29 is 10.0 Å². The van der Waals surface area contributed by atoms with Gasteiger partial charge in [0.15, 0.2) is 5.17 Å². The van der Waals surface area contributed by atoms with Gasteiger partial charge in [-0.3, -0.25) is 15.0 Å². The van der Waals surface area contributed by atoms with Gasteiger partial charge in [-0.15, -0.1) is 0 Å². The zero-order valence-corrected chi connectivity index (χ0v) is 17.2. The molecule has 4 rings (SSSR count). The predicted molar refractivity (Wildman–Crippen MR) is 112 cm³/mol. The molecule has 8 heteroatoms. The Kier molecular flexibility index (Phi) is 5.78. The van der Waals surface area contributed by atoms with E-state index < -0.39 is 0 Å². The molecule has 1 saturated heterocycles. The number of aliphatic imine (C=N–C) groups is 1. The molecule has 0 bridgehead atoms. The molecule has 0 aromatic rings. The summed E-state index contributed by atoms with van der Waals surface area (Å²) in [4.78, 5) is 20.8. The Hall–Kier alpha value is -1.80. The van der Waals surface area contributed by atoms with Crippen LogP contribution in [0.1, 0.15) is 45.4 Å². The number of aliphatic hydroxyl groups excluding tert-OH is 1. The van der Waals surface area contributed by atoms with Gasteiger partial charge in [0, 0.05) is 32.7 Å². The van der Waals surface area contributed by atoms with Crippen LogP contribution < -0.4 is 0 Å². The number of thioether (sulfide) groups is 1. The summed E-state index contributed by atoms with van der Waals surface area (Å²) in [5.74, 6) is 0.730. The average molecular weight is 405 g/mol. The fourth-order valence-corrected chi connectivity index (χ4v) is 5.70. The van der Waals surface area contributed by atoms with Crippen molar-refractivity contribution in [2.45, 2.75) is 45.4 Å². The van der Waals surface area contributed by atoms with Crippen molar-refractivity contribution in [1.82, 2.24) is 9.80 Å². The number of fused-ring (bicyclic) bond motifs is 1. The number of allylic oxidation sites excluding steroid dienone is 3. The second kappa shape index (κ2) is 8.29. The Morgan fingerprint density at radius 2 is 1.96 bits per heavy atom. The molecule has 0 radical (unpaired) electrons. The first-order valence-corrected chi connectivity index (χ1v) is 11.0. The SMILES string of the molecule is CC1=CC2=C(O)N=C(N3CCN(CC4CCCCC4)CC3)SC2=C([N+](=O)[O-])C1. The topological polar surface area (TPSA) is 82.2 Å². The quantitative estimate of drug-likeness (QED) is 0.568. The number of amidine groups is 1. The first-order valence-electron chi connectivity index (χ1n) is 10.2. The number of rotatable bonds is 3. The number of hydrogen-bond acceptors (Lipinski definition) is 7. The molecular weight excluding hydrogens is 376 g/mol. The van der Waals surface area contributed by atoms with Crippen LogP contribution in [0.4, 0.5) is 0 Å². The van der Waals surface area contributed by atoms with E-state index in [0.29, 0.717) is 22.1 Å². The molecule has 1 saturated carbocycles. The van der Waals surface area contributed by atoms with Gasteiger partial charge in [-0.2, -0.15) is 4.99 Å². The summed E-state index contributed by atoms with van der Waals surface area (Å²) in [6, 6.07) is 0. The Balaban J connectivity index is 1.44. The lowest BCUT2D eigenvalue weighted by Crippen LogP contribution is -2.49. The van der Waals surface area contributed by atoms with E-state index in [9.17, 15) is 15.2 Å². The fourth-order valence-electron chi connectivity index (χ4n) is 4.55. The first-order chi connectivity index (χ1) is 13.5. The molecule has 2 fully saturated rings. The molecule has 2 heterocycles. The van der Waals surface area contributed by atoms with E-state index in [0.717, 1.165) is 37.7 Å². The minimum absolute atomic E-state index is 0.105. The predicted octanol–water partition coefficient (Wildman–Crippen LogP) is 3.90. The molecule has 0 spiro atoms. The monoisotopic (exact) mass is 404 g/mol. The number of nitrogens with zero attached hydrogens (tertiary/aromatic N) is 4. The van der Waals surface area contributed by atoms with Gasteiger partial charge in [0.2, 0.25) is 5.88 Å². The van der Waals surface area contributed by atoms with E-state index in [1.165, 1.54) is 50.4 Å². The molecule has 2 aliphatic heterocycles. The van der Waals surface area contributed by atoms with Crippen LogP contribution in [0.15, 0.2) is 38.7 Å². The molecular formula is C20H28N4O3S. The molecule has 7 nitrogen and oxygen atoms in total. The van der Waals surface area contributed by atoms with Crippen LogP contribution in [-0.2, 0) is 0 Å². The van der Waals surface area contributed by atoms with Crippen LogP contribution in [0.5, 0.6) is 0 Å². The second-order valence-electron chi connectivity index (χ2n) is 8.23. The summed E-state index contributed by atoms with van der Waals surface area (Å²) in [6.07, 6.45) is 8.96. The number of hydrogen-bond donors (Lipinski definition) is 1. The number of piperazine rings is 1. The van der Waals surface area contributed by atoms with Gasteiger partial charge < -0.3 is 10.0 Å². The summed E-state index contributed by atoms with van der Waals surface area (Å²) >= 11 is 1.33. The zero-order valence-electron chi connectivity index (χ0n) is 16.4. The summed E-state index contributed by atoms with van der Waals surface area (Å²) in [7, 11) is 0. The number of nitro groups is 1. The van der Waals surface area contributed by atoms with Gasteiger partial charge in [-0.1, -0.05) is 24.8 Å². The van der Waals surface area contributed by atoms with Crippen LogP contribution in [0, 0.1) is 16.0 Å². The highest BCUT2D eigenvalue weighted by Gasteiger charge is 2.34.